The Bertz CT molecular complexity index is 489. The van der Waals surface area contributed by atoms with Gasteiger partial charge in [-0.2, -0.15) is 0 Å². The zero-order valence-electron chi connectivity index (χ0n) is 13.9. The lowest BCUT2D eigenvalue weighted by molar-refractivity contribution is 0.203. The normalized spacial score (nSPS) is 31.1. The highest BCUT2D eigenvalue weighted by Crippen LogP contribution is 2.58. The van der Waals surface area contributed by atoms with E-state index in [0.717, 1.165) is 11.3 Å². The molecule has 0 aromatic heterocycles. The van der Waals surface area contributed by atoms with Crippen LogP contribution in [0, 0.1) is 11.3 Å². The van der Waals surface area contributed by atoms with Gasteiger partial charge in [0.05, 0.1) is 12.4 Å². The highest BCUT2D eigenvalue weighted by atomic mass is 32.2. The Hall–Kier alpha value is -0.700. The molecular formula is C18H28N2S. The Morgan fingerprint density at radius 1 is 1.24 bits per heavy atom. The third-order valence-electron chi connectivity index (χ3n) is 5.83. The summed E-state index contributed by atoms with van der Waals surface area (Å²) in [6, 6.07) is 0.533. The van der Waals surface area contributed by atoms with Gasteiger partial charge in [-0.05, 0) is 75.5 Å². The highest BCUT2D eigenvalue weighted by Gasteiger charge is 2.48. The predicted octanol–water partition coefficient (Wildman–Crippen LogP) is 4.84. The molecule has 0 bridgehead atoms. The molecule has 1 aliphatic heterocycles. The Morgan fingerprint density at radius 3 is 2.38 bits per heavy atom. The third kappa shape index (κ3) is 2.58. The minimum atomic E-state index is 0.533. The maximum atomic E-state index is 4.33. The average Bonchev–Trinajstić information content (AvgIpc) is 3.19. The molecule has 1 atom stereocenters. The van der Waals surface area contributed by atoms with Gasteiger partial charge >= 0.3 is 0 Å². The van der Waals surface area contributed by atoms with E-state index in [4.69, 9.17) is 0 Å². The molecule has 2 aliphatic carbocycles. The van der Waals surface area contributed by atoms with E-state index >= 15 is 0 Å². The molecule has 0 aromatic carbocycles. The van der Waals surface area contributed by atoms with Gasteiger partial charge in [0.1, 0.15) is 0 Å². The molecule has 3 aliphatic rings. The summed E-state index contributed by atoms with van der Waals surface area (Å²) in [6.45, 7) is 4.43. The Balaban J connectivity index is 1.86. The zero-order valence-corrected chi connectivity index (χ0v) is 14.7. The van der Waals surface area contributed by atoms with Crippen molar-refractivity contribution < 1.29 is 0 Å². The lowest BCUT2D eigenvalue weighted by atomic mass is 9.76. The molecule has 1 heterocycles. The lowest BCUT2D eigenvalue weighted by Gasteiger charge is -2.37. The fourth-order valence-corrected chi connectivity index (χ4v) is 5.36. The minimum Gasteiger partial charge on any atom is -0.324 e. The molecule has 2 fully saturated rings. The van der Waals surface area contributed by atoms with Crippen LogP contribution < -0.4 is 0 Å². The molecule has 2 nitrogen and oxygen atoms in total. The van der Waals surface area contributed by atoms with Crippen LogP contribution in [0.1, 0.15) is 52.4 Å². The van der Waals surface area contributed by atoms with Crippen molar-refractivity contribution in [1.29, 1.82) is 0 Å². The van der Waals surface area contributed by atoms with Gasteiger partial charge in [0, 0.05) is 17.6 Å². The Morgan fingerprint density at radius 2 is 1.90 bits per heavy atom. The topological polar surface area (TPSA) is 15.6 Å². The number of nitrogens with zero attached hydrogens (tertiary/aromatic N) is 2. The van der Waals surface area contributed by atoms with Gasteiger partial charge in [0.2, 0.25) is 0 Å². The van der Waals surface area contributed by atoms with Gasteiger partial charge in [0.15, 0.2) is 0 Å². The monoisotopic (exact) mass is 304 g/mol. The number of rotatable bonds is 3. The summed E-state index contributed by atoms with van der Waals surface area (Å²) in [4.78, 5) is 8.34. The molecule has 0 saturated heterocycles. The van der Waals surface area contributed by atoms with Crippen LogP contribution in [0.3, 0.4) is 0 Å². The molecular weight excluding hydrogens is 276 g/mol. The molecule has 3 heteroatoms. The largest absolute Gasteiger partial charge is 0.324 e. The molecule has 2 saturated carbocycles. The van der Waals surface area contributed by atoms with Gasteiger partial charge in [-0.3, -0.25) is 4.99 Å². The summed E-state index contributed by atoms with van der Waals surface area (Å²) in [5.74, 6) is 0.795. The van der Waals surface area contributed by atoms with Crippen molar-refractivity contribution in [2.75, 3.05) is 13.3 Å². The van der Waals surface area contributed by atoms with Crippen LogP contribution in [0.15, 0.2) is 27.2 Å². The lowest BCUT2D eigenvalue weighted by Crippen LogP contribution is -2.38. The second kappa shape index (κ2) is 5.83. The predicted molar refractivity (Wildman–Crippen MR) is 93.6 cm³/mol. The van der Waals surface area contributed by atoms with Gasteiger partial charge in [-0.15, -0.1) is 11.8 Å². The van der Waals surface area contributed by atoms with Crippen molar-refractivity contribution in [3.8, 4) is 0 Å². The second-order valence-electron chi connectivity index (χ2n) is 6.93. The zero-order chi connectivity index (χ0) is 15.0. The van der Waals surface area contributed by atoms with Crippen LogP contribution in [-0.2, 0) is 0 Å². The van der Waals surface area contributed by atoms with Crippen LogP contribution in [0.4, 0.5) is 0 Å². The van der Waals surface area contributed by atoms with E-state index in [0.29, 0.717) is 6.04 Å². The third-order valence-corrected chi connectivity index (χ3v) is 6.82. The van der Waals surface area contributed by atoms with Crippen molar-refractivity contribution in [1.82, 2.24) is 4.90 Å². The van der Waals surface area contributed by atoms with Crippen LogP contribution in [0.2, 0.25) is 0 Å². The molecule has 1 spiro atoms. The Labute approximate surface area is 133 Å². The van der Waals surface area contributed by atoms with Crippen LogP contribution >= 0.6 is 11.8 Å². The van der Waals surface area contributed by atoms with Crippen molar-refractivity contribution in [2.24, 2.45) is 16.3 Å². The number of thioether (sulfide) groups is 1. The van der Waals surface area contributed by atoms with Crippen LogP contribution in [0.25, 0.3) is 0 Å². The van der Waals surface area contributed by atoms with Crippen molar-refractivity contribution in [3.05, 3.63) is 22.3 Å². The van der Waals surface area contributed by atoms with E-state index in [1.165, 1.54) is 49.8 Å². The molecule has 116 valence electrons. The van der Waals surface area contributed by atoms with Gasteiger partial charge < -0.3 is 4.90 Å². The molecule has 0 aromatic rings. The van der Waals surface area contributed by atoms with E-state index in [9.17, 15) is 0 Å². The van der Waals surface area contributed by atoms with E-state index in [-0.39, 0.29) is 0 Å². The van der Waals surface area contributed by atoms with Gasteiger partial charge in [-0.1, -0.05) is 6.08 Å². The molecule has 1 unspecified atom stereocenters. The molecule has 3 rings (SSSR count). The van der Waals surface area contributed by atoms with E-state index in [1.807, 2.05) is 25.1 Å². The first-order valence-corrected chi connectivity index (χ1v) is 9.50. The van der Waals surface area contributed by atoms with Crippen molar-refractivity contribution in [3.63, 3.8) is 0 Å². The van der Waals surface area contributed by atoms with Crippen LogP contribution in [-0.4, -0.2) is 30.6 Å². The van der Waals surface area contributed by atoms with Crippen molar-refractivity contribution in [2.45, 2.75) is 58.4 Å². The first kappa shape index (κ1) is 15.2. The number of hydrogen-bond donors (Lipinski definition) is 0. The van der Waals surface area contributed by atoms with Gasteiger partial charge in [-0.25, -0.2) is 0 Å². The quantitative estimate of drug-likeness (QED) is 0.547. The molecule has 0 radical (unpaired) electrons. The van der Waals surface area contributed by atoms with E-state index in [2.05, 4.69) is 36.1 Å². The van der Waals surface area contributed by atoms with E-state index in [1.54, 1.807) is 4.91 Å². The summed E-state index contributed by atoms with van der Waals surface area (Å²) < 4.78 is 0. The highest BCUT2D eigenvalue weighted by molar-refractivity contribution is 8.02. The smallest absolute Gasteiger partial charge is 0.0896 e. The first-order valence-electron chi connectivity index (χ1n) is 8.28. The average molecular weight is 305 g/mol. The number of allylic oxidation sites excluding steroid dienone is 2. The standard InChI is InChI=1S/C18H28N2S/c1-5-15-13(2)17(21-4)16(20(15)12-19-3)14-6-8-18(9-7-14)10-11-18/h5,12,14,16H,6-11H2,1-4H3/b15-5-,19-12-. The van der Waals surface area contributed by atoms with Gasteiger partial charge in [0.25, 0.3) is 0 Å². The summed E-state index contributed by atoms with van der Waals surface area (Å²) >= 11 is 1.94. The fourth-order valence-electron chi connectivity index (χ4n) is 4.40. The SMILES string of the molecule is C/C=C1/C(C)=C(SC)C(C2CCC3(CC2)CC3)N1/C=N\C. The minimum absolute atomic E-state index is 0.533. The summed E-state index contributed by atoms with van der Waals surface area (Å²) in [6.07, 6.45) is 15.2. The molecule has 0 N–H and O–H groups in total. The summed E-state index contributed by atoms with van der Waals surface area (Å²) in [5.41, 5.74) is 3.60. The Kier molecular flexibility index (Phi) is 4.22. The summed E-state index contributed by atoms with van der Waals surface area (Å²) in [7, 11) is 1.89. The first-order chi connectivity index (χ1) is 10.2. The number of hydrogen-bond acceptors (Lipinski definition) is 2. The van der Waals surface area contributed by atoms with Crippen LogP contribution in [0.5, 0.6) is 0 Å². The molecule has 21 heavy (non-hydrogen) atoms. The maximum absolute atomic E-state index is 4.33. The maximum Gasteiger partial charge on any atom is 0.0896 e. The summed E-state index contributed by atoms with van der Waals surface area (Å²) in [5, 5.41) is 0. The van der Waals surface area contributed by atoms with Crippen molar-refractivity contribution >= 4 is 18.1 Å². The fraction of sp³-hybridized carbons (Fsp3) is 0.722. The molecule has 0 amide bonds. The second-order valence-corrected chi connectivity index (χ2v) is 7.78. The van der Waals surface area contributed by atoms with E-state index < -0.39 is 0 Å². The number of aliphatic imine (C=N–C) groups is 1.